The van der Waals surface area contributed by atoms with E-state index in [1.807, 2.05) is 42.2 Å². The molecule has 0 spiro atoms. The third-order valence-corrected chi connectivity index (χ3v) is 6.10. The van der Waals surface area contributed by atoms with E-state index in [9.17, 15) is 13.6 Å². The van der Waals surface area contributed by atoms with Gasteiger partial charge in [0, 0.05) is 6.54 Å². The number of nitrogens with zero attached hydrogens (tertiary/aromatic N) is 1. The predicted molar refractivity (Wildman–Crippen MR) is 108 cm³/mol. The summed E-state index contributed by atoms with van der Waals surface area (Å²) >= 11 is 1.50. The van der Waals surface area contributed by atoms with Crippen molar-refractivity contribution >= 4 is 17.7 Å². The Hall–Kier alpha value is -2.48. The van der Waals surface area contributed by atoms with Crippen LogP contribution in [0.4, 0.5) is 8.78 Å². The molecule has 5 nitrogen and oxygen atoms in total. The first-order chi connectivity index (χ1) is 13.9. The van der Waals surface area contributed by atoms with Crippen LogP contribution in [0.2, 0.25) is 0 Å². The summed E-state index contributed by atoms with van der Waals surface area (Å²) in [5.74, 6) is 0.152. The van der Waals surface area contributed by atoms with Gasteiger partial charge in [-0.25, -0.2) is 0 Å². The van der Waals surface area contributed by atoms with Crippen LogP contribution >= 0.6 is 11.8 Å². The van der Waals surface area contributed by atoms with Crippen LogP contribution in [0.25, 0.3) is 0 Å². The van der Waals surface area contributed by atoms with Crippen molar-refractivity contribution in [3.8, 4) is 17.2 Å². The molecule has 0 aliphatic carbocycles. The lowest BCUT2D eigenvalue weighted by atomic mass is 10.1. The molecule has 0 saturated carbocycles. The van der Waals surface area contributed by atoms with Crippen molar-refractivity contribution in [1.29, 1.82) is 0 Å². The minimum Gasteiger partial charge on any atom is -0.493 e. The monoisotopic (exact) mass is 423 g/mol. The number of hydrogen-bond donors (Lipinski definition) is 0. The molecule has 156 valence electrons. The van der Waals surface area contributed by atoms with Crippen molar-refractivity contribution in [2.75, 3.05) is 20.8 Å². The van der Waals surface area contributed by atoms with Crippen molar-refractivity contribution in [1.82, 2.24) is 4.90 Å². The van der Waals surface area contributed by atoms with Crippen LogP contribution in [0.5, 0.6) is 17.2 Å². The average molecular weight is 423 g/mol. The molecule has 2 aromatic carbocycles. The zero-order chi connectivity index (χ0) is 21.0. The van der Waals surface area contributed by atoms with E-state index in [1.165, 1.54) is 26.0 Å². The van der Waals surface area contributed by atoms with Gasteiger partial charge in [-0.2, -0.15) is 8.78 Å². The topological polar surface area (TPSA) is 48.0 Å². The predicted octanol–water partition coefficient (Wildman–Crippen LogP) is 4.51. The van der Waals surface area contributed by atoms with Crippen LogP contribution in [-0.4, -0.2) is 43.4 Å². The molecular weight excluding hydrogens is 400 g/mol. The van der Waals surface area contributed by atoms with E-state index in [0.717, 1.165) is 17.5 Å². The zero-order valence-corrected chi connectivity index (χ0v) is 17.2. The zero-order valence-electron chi connectivity index (χ0n) is 16.4. The van der Waals surface area contributed by atoms with Gasteiger partial charge in [-0.05, 0) is 36.6 Å². The second kappa shape index (κ2) is 9.35. The van der Waals surface area contributed by atoms with E-state index in [0.29, 0.717) is 6.54 Å². The van der Waals surface area contributed by atoms with Crippen molar-refractivity contribution in [3.63, 3.8) is 0 Å². The van der Waals surface area contributed by atoms with Crippen LogP contribution < -0.4 is 14.2 Å². The van der Waals surface area contributed by atoms with E-state index in [-0.39, 0.29) is 33.8 Å². The highest BCUT2D eigenvalue weighted by Crippen LogP contribution is 2.48. The van der Waals surface area contributed by atoms with E-state index in [4.69, 9.17) is 9.47 Å². The minimum atomic E-state index is -3.01. The largest absolute Gasteiger partial charge is 0.493 e. The van der Waals surface area contributed by atoms with Crippen LogP contribution in [-0.2, 0) is 11.2 Å². The molecule has 3 rings (SSSR count). The molecule has 2 atom stereocenters. The van der Waals surface area contributed by atoms with Gasteiger partial charge in [0.25, 0.3) is 0 Å². The first-order valence-corrected chi connectivity index (χ1v) is 10.1. The summed E-state index contributed by atoms with van der Waals surface area (Å²) < 4.78 is 40.7. The van der Waals surface area contributed by atoms with Crippen LogP contribution in [0, 0.1) is 0 Å². The molecule has 1 heterocycles. The Labute approximate surface area is 172 Å². The molecule has 0 N–H and O–H groups in total. The maximum atomic E-state index is 12.8. The van der Waals surface area contributed by atoms with Crippen molar-refractivity contribution < 1.29 is 27.8 Å². The fraction of sp³-hybridized carbons (Fsp3) is 0.381. The Kier molecular flexibility index (Phi) is 6.84. The summed E-state index contributed by atoms with van der Waals surface area (Å²) in [6.07, 6.45) is 0.719. The Morgan fingerprint density at radius 3 is 2.28 bits per heavy atom. The number of thioether (sulfide) groups is 1. The van der Waals surface area contributed by atoms with Crippen molar-refractivity contribution in [3.05, 3.63) is 53.6 Å². The number of hydrogen-bond acceptors (Lipinski definition) is 5. The number of ether oxygens (including phenoxy) is 3. The number of amides is 1. The summed E-state index contributed by atoms with van der Waals surface area (Å²) in [5, 5.41) is -0.477. The molecule has 0 aromatic heterocycles. The maximum Gasteiger partial charge on any atom is 0.387 e. The molecule has 1 aliphatic heterocycles. The number of rotatable bonds is 8. The standard InChI is InChI=1S/C21H23F2NO4S/c1-13-19(25)24(10-9-14-7-5-4-6-8-14)20(29-13)15-11-16(26-2)18(28-21(22)23)17(12-15)27-3/h4-8,11-13,20-21H,9-10H2,1-3H3/t13-,20+/m0/s1. The van der Waals surface area contributed by atoms with Crippen LogP contribution in [0.3, 0.4) is 0 Å². The summed E-state index contributed by atoms with van der Waals surface area (Å²) in [5.41, 5.74) is 1.87. The van der Waals surface area contributed by atoms with Crippen LogP contribution in [0.1, 0.15) is 23.4 Å². The van der Waals surface area contributed by atoms with Gasteiger partial charge in [-0.3, -0.25) is 4.79 Å². The third kappa shape index (κ3) is 4.75. The highest BCUT2D eigenvalue weighted by atomic mass is 32.2. The number of alkyl halides is 2. The van der Waals surface area contributed by atoms with Gasteiger partial charge in [0.2, 0.25) is 11.7 Å². The van der Waals surface area contributed by atoms with Crippen molar-refractivity contribution in [2.24, 2.45) is 0 Å². The summed E-state index contributed by atoms with van der Waals surface area (Å²) in [4.78, 5) is 14.6. The third-order valence-electron chi connectivity index (χ3n) is 4.71. The number of benzene rings is 2. The summed E-state index contributed by atoms with van der Waals surface area (Å²) in [6.45, 7) is -0.593. The first kappa shape index (κ1) is 21.2. The SMILES string of the molecule is COc1cc([C@H]2S[C@@H](C)C(=O)N2CCc2ccccc2)cc(OC)c1OC(F)F. The highest BCUT2D eigenvalue weighted by Gasteiger charge is 2.39. The smallest absolute Gasteiger partial charge is 0.387 e. The molecule has 1 saturated heterocycles. The van der Waals surface area contributed by atoms with Gasteiger partial charge in [0.05, 0.1) is 19.5 Å². The van der Waals surface area contributed by atoms with Crippen molar-refractivity contribution in [2.45, 2.75) is 30.6 Å². The Morgan fingerprint density at radius 2 is 1.72 bits per heavy atom. The van der Waals surface area contributed by atoms with Gasteiger partial charge in [0.15, 0.2) is 11.5 Å². The molecule has 2 aromatic rings. The molecule has 1 aliphatic rings. The van der Waals surface area contributed by atoms with Gasteiger partial charge in [-0.15, -0.1) is 11.8 Å². The number of carbonyl (C=O) groups excluding carboxylic acids is 1. The lowest BCUT2D eigenvalue weighted by Crippen LogP contribution is -2.32. The Balaban J connectivity index is 1.90. The molecule has 0 radical (unpaired) electrons. The minimum absolute atomic E-state index is 0.0433. The summed E-state index contributed by atoms with van der Waals surface area (Å²) in [7, 11) is 2.75. The Bertz CT molecular complexity index is 825. The molecule has 0 bridgehead atoms. The summed E-state index contributed by atoms with van der Waals surface area (Å²) in [6, 6.07) is 13.2. The molecular formula is C21H23F2NO4S. The van der Waals surface area contributed by atoms with Gasteiger partial charge in [0.1, 0.15) is 5.37 Å². The number of halogens is 2. The normalized spacial score (nSPS) is 19.0. The number of methoxy groups -OCH3 is 2. The fourth-order valence-corrected chi connectivity index (χ4v) is 4.59. The van der Waals surface area contributed by atoms with E-state index >= 15 is 0 Å². The lowest BCUT2D eigenvalue weighted by molar-refractivity contribution is -0.129. The average Bonchev–Trinajstić information content (AvgIpc) is 3.01. The van der Waals surface area contributed by atoms with E-state index in [1.54, 1.807) is 12.1 Å². The molecule has 29 heavy (non-hydrogen) atoms. The van der Waals surface area contributed by atoms with Gasteiger partial charge >= 0.3 is 6.61 Å². The highest BCUT2D eigenvalue weighted by molar-refractivity contribution is 8.01. The first-order valence-electron chi connectivity index (χ1n) is 9.15. The number of carbonyl (C=O) groups is 1. The quantitative estimate of drug-likeness (QED) is 0.625. The molecule has 1 amide bonds. The van der Waals surface area contributed by atoms with E-state index < -0.39 is 6.61 Å². The van der Waals surface area contributed by atoms with Gasteiger partial charge in [-0.1, -0.05) is 30.3 Å². The second-order valence-corrected chi connectivity index (χ2v) is 7.96. The lowest BCUT2D eigenvalue weighted by Gasteiger charge is -2.25. The molecule has 8 heteroatoms. The molecule has 1 fully saturated rings. The molecule has 0 unspecified atom stereocenters. The van der Waals surface area contributed by atoms with Crippen LogP contribution in [0.15, 0.2) is 42.5 Å². The maximum absolute atomic E-state index is 12.8. The fourth-order valence-electron chi connectivity index (χ4n) is 3.30. The Morgan fingerprint density at radius 1 is 1.10 bits per heavy atom. The second-order valence-electron chi connectivity index (χ2n) is 6.53. The van der Waals surface area contributed by atoms with Gasteiger partial charge < -0.3 is 19.1 Å². The van der Waals surface area contributed by atoms with E-state index in [2.05, 4.69) is 4.74 Å².